The van der Waals surface area contributed by atoms with E-state index in [9.17, 15) is 41.1 Å². The van der Waals surface area contributed by atoms with E-state index in [0.717, 1.165) is 114 Å². The van der Waals surface area contributed by atoms with E-state index >= 15 is 0 Å². The van der Waals surface area contributed by atoms with E-state index in [4.69, 9.17) is 35.3 Å². The Morgan fingerprint density at radius 2 is 0.602 bits per heavy atom. The summed E-state index contributed by atoms with van der Waals surface area (Å²) in [5.74, 6) is -9.50. The SMILES string of the molecule is CN1c2ccccc2C(C(=O)Oc2cc(F)cc(F)c2)c2ccccc21.COc1ccc2c(c1)N(C)c1ccccc1C2C(=O)Oc1c(F)ccc(F)c1F.Cc1cccc(C)c1OC(=O)C1c2ccccc2N(C)c2cc(Cl)ccc21.Cc1cccc(C)c1OC(=O)C1c2ccccc2N(C)c2ccccc21. The van der Waals surface area contributed by atoms with Gasteiger partial charge in [-0.3, -0.25) is 19.2 Å². The molecule has 0 fully saturated rings. The molecule has 12 aromatic rings. The summed E-state index contributed by atoms with van der Waals surface area (Å²) in [5.41, 5.74) is 17.5. The van der Waals surface area contributed by atoms with Crippen LogP contribution in [0, 0.1) is 56.8 Å². The van der Waals surface area contributed by atoms with Crippen LogP contribution in [0.15, 0.2) is 249 Å². The molecule has 0 saturated carbocycles. The summed E-state index contributed by atoms with van der Waals surface area (Å²) in [6.45, 7) is 7.83. The minimum atomic E-state index is -1.55. The second-order valence-electron chi connectivity index (χ2n) is 26.4. The number of anilines is 8. The second kappa shape index (κ2) is 31.3. The van der Waals surface area contributed by atoms with Gasteiger partial charge in [0, 0.05) is 103 Å². The molecule has 2 unspecified atom stereocenters. The van der Waals surface area contributed by atoms with E-state index in [1.54, 1.807) is 30.3 Å². The van der Waals surface area contributed by atoms with Gasteiger partial charge in [0.25, 0.3) is 0 Å². The standard InChI is InChI=1S/C23H20ClNO2.C23H21NO2.C22H16F3NO3.C21H15F2NO2/c1-14-7-6-8-15(2)22(14)27-23(26)21-17-9-4-5-10-19(17)25(3)20-13-16(24)11-12-18(20)21;1-15-9-8-10-16(2)22(15)26-23(25)21-17-11-4-6-13-19(17)24(3)20-14-7-5-12-18(20)21;1-26-17-6-4-3-5-13(17)19(14-8-7-12(28-2)11-18(14)26)22(27)29-21-16(24)10-9-15(23)20(21)25;1-24-18-8-4-2-6-16(18)20(17-7-3-5-9-19(17)24)21(25)26-15-11-13(22)10-14(23)12-15/h4-13,21H,1-3H3;4-14,21H,1-3H3;3-11,19H,1-2H3;2-12,20H,1H3. The third-order valence-corrected chi connectivity index (χ3v) is 19.9. The maximum atomic E-state index is 14.0. The van der Waals surface area contributed by atoms with Crippen LogP contribution in [0.2, 0.25) is 5.02 Å². The first-order valence-electron chi connectivity index (χ1n) is 34.6. The van der Waals surface area contributed by atoms with Crippen molar-refractivity contribution in [1.82, 2.24) is 0 Å². The molecular formula is C89H72ClF5N4O9. The van der Waals surface area contributed by atoms with Crippen LogP contribution in [0.1, 0.15) is 90.4 Å². The van der Waals surface area contributed by atoms with Crippen molar-refractivity contribution in [3.05, 3.63) is 350 Å². The first-order chi connectivity index (χ1) is 52.0. The highest BCUT2D eigenvalue weighted by Gasteiger charge is 2.40. The molecule has 2 atom stereocenters. The van der Waals surface area contributed by atoms with E-state index < -0.39 is 70.4 Å². The van der Waals surface area contributed by atoms with Crippen molar-refractivity contribution < 1.29 is 64.8 Å². The van der Waals surface area contributed by atoms with Gasteiger partial charge in [-0.15, -0.1) is 0 Å². The van der Waals surface area contributed by atoms with Crippen molar-refractivity contribution in [1.29, 1.82) is 0 Å². The Morgan fingerprint density at radius 3 is 0.963 bits per heavy atom. The topological polar surface area (TPSA) is 127 Å². The largest absolute Gasteiger partial charge is 0.497 e. The molecule has 13 nitrogen and oxygen atoms in total. The number of nitrogens with zero attached hydrogens (tertiary/aromatic N) is 4. The lowest BCUT2D eigenvalue weighted by Crippen LogP contribution is -2.29. The van der Waals surface area contributed by atoms with E-state index in [-0.39, 0.29) is 17.7 Å². The predicted molar refractivity (Wildman–Crippen MR) is 410 cm³/mol. The van der Waals surface area contributed by atoms with Crippen molar-refractivity contribution in [3.8, 4) is 28.7 Å². The first-order valence-corrected chi connectivity index (χ1v) is 34.9. The molecule has 4 heterocycles. The van der Waals surface area contributed by atoms with Crippen LogP contribution in [0.25, 0.3) is 0 Å². The molecule has 4 aliphatic rings. The highest BCUT2D eigenvalue weighted by atomic mass is 35.5. The number of carbonyl (C=O) groups is 4. The third-order valence-electron chi connectivity index (χ3n) is 19.7. The zero-order chi connectivity index (χ0) is 76.4. The van der Waals surface area contributed by atoms with Gasteiger partial charge in [-0.1, -0.05) is 169 Å². The molecular weight excluding hydrogens is 1400 g/mol. The van der Waals surface area contributed by atoms with Crippen molar-refractivity contribution in [2.45, 2.75) is 51.4 Å². The minimum absolute atomic E-state index is 0.151. The van der Waals surface area contributed by atoms with Crippen LogP contribution in [-0.2, 0) is 19.2 Å². The average molecular weight is 1470 g/mol. The normalized spacial score (nSPS) is 14.1. The summed E-state index contributed by atoms with van der Waals surface area (Å²) < 4.78 is 95.8. The number of ether oxygens (including phenoxy) is 5. The average Bonchev–Trinajstić information content (AvgIpc) is 0.755. The third kappa shape index (κ3) is 14.5. The summed E-state index contributed by atoms with van der Waals surface area (Å²) >= 11 is 6.22. The molecule has 0 N–H and O–H groups in total. The van der Waals surface area contributed by atoms with Gasteiger partial charge in [0.05, 0.1) is 7.11 Å². The first kappa shape index (κ1) is 73.8. The zero-order valence-corrected chi connectivity index (χ0v) is 61.0. The summed E-state index contributed by atoms with van der Waals surface area (Å²) in [4.78, 5) is 60.7. The van der Waals surface area contributed by atoms with Crippen LogP contribution in [-0.4, -0.2) is 59.2 Å². The van der Waals surface area contributed by atoms with Gasteiger partial charge in [0.1, 0.15) is 58.3 Å². The Balaban J connectivity index is 0.000000127. The maximum absolute atomic E-state index is 14.0. The highest BCUT2D eigenvalue weighted by Crippen LogP contribution is 2.51. The minimum Gasteiger partial charge on any atom is -0.497 e. The number of carbonyl (C=O) groups excluding carboxylic acids is 4. The van der Waals surface area contributed by atoms with Gasteiger partial charge in [-0.2, -0.15) is 4.39 Å². The number of methoxy groups -OCH3 is 1. The molecule has 19 heteroatoms. The van der Waals surface area contributed by atoms with E-state index in [2.05, 4.69) is 9.80 Å². The molecule has 16 rings (SSSR count). The molecule has 0 spiro atoms. The molecule has 0 amide bonds. The lowest BCUT2D eigenvalue weighted by atomic mass is 9.85. The van der Waals surface area contributed by atoms with E-state index in [1.807, 2.05) is 254 Å². The Labute approximate surface area is 627 Å². The number of rotatable bonds is 9. The quantitative estimate of drug-likeness (QED) is 0.0589. The number of para-hydroxylation sites is 8. The van der Waals surface area contributed by atoms with Gasteiger partial charge in [0.2, 0.25) is 11.6 Å². The second-order valence-corrected chi connectivity index (χ2v) is 26.8. The van der Waals surface area contributed by atoms with Crippen LogP contribution in [0.4, 0.5) is 67.5 Å². The number of esters is 4. The van der Waals surface area contributed by atoms with Crippen molar-refractivity contribution >= 4 is 81.0 Å². The Hall–Kier alpha value is -12.5. The monoisotopic (exact) mass is 1470 g/mol. The van der Waals surface area contributed by atoms with Crippen LogP contribution in [0.5, 0.6) is 28.7 Å². The maximum Gasteiger partial charge on any atom is 0.323 e. The summed E-state index contributed by atoms with van der Waals surface area (Å²) in [6, 6.07) is 72.8. The number of benzene rings is 12. The van der Waals surface area contributed by atoms with Gasteiger partial charge >= 0.3 is 23.9 Å². The smallest absolute Gasteiger partial charge is 0.323 e. The number of aryl methyl sites for hydroxylation is 4. The Kier molecular flexibility index (Phi) is 21.4. The van der Waals surface area contributed by atoms with E-state index in [1.165, 1.54) is 7.11 Å². The fourth-order valence-electron chi connectivity index (χ4n) is 14.4. The van der Waals surface area contributed by atoms with Crippen LogP contribution in [0.3, 0.4) is 0 Å². The fraction of sp³-hybridized carbons (Fsp3) is 0.146. The summed E-state index contributed by atoms with van der Waals surface area (Å²) in [6.07, 6.45) is 0. The van der Waals surface area contributed by atoms with Gasteiger partial charge in [-0.05, 0) is 161 Å². The molecule has 0 aromatic heterocycles. The summed E-state index contributed by atoms with van der Waals surface area (Å²) in [5, 5.41) is 0.641. The fourth-order valence-corrected chi connectivity index (χ4v) is 14.6. The molecule has 544 valence electrons. The molecule has 4 aliphatic heterocycles. The Bertz CT molecular complexity index is 5350. The molecule has 0 radical (unpaired) electrons. The molecule has 0 aliphatic carbocycles. The van der Waals surface area contributed by atoms with Gasteiger partial charge in [-0.25, -0.2) is 17.6 Å². The number of hydrogen-bond donors (Lipinski definition) is 0. The van der Waals surface area contributed by atoms with Crippen LogP contribution >= 0.6 is 11.6 Å². The molecule has 12 aromatic carbocycles. The van der Waals surface area contributed by atoms with Crippen molar-refractivity contribution in [3.63, 3.8) is 0 Å². The number of hydrogen-bond acceptors (Lipinski definition) is 13. The lowest BCUT2D eigenvalue weighted by molar-refractivity contribution is -0.136. The lowest BCUT2D eigenvalue weighted by Gasteiger charge is -2.34. The molecule has 108 heavy (non-hydrogen) atoms. The van der Waals surface area contributed by atoms with E-state index in [0.29, 0.717) is 51.2 Å². The molecule has 0 bridgehead atoms. The highest BCUT2D eigenvalue weighted by molar-refractivity contribution is 6.31. The number of halogens is 6. The zero-order valence-electron chi connectivity index (χ0n) is 60.2. The summed E-state index contributed by atoms with van der Waals surface area (Å²) in [7, 11) is 9.32. The number of fused-ring (bicyclic) bond motifs is 8. The van der Waals surface area contributed by atoms with Crippen LogP contribution < -0.4 is 43.3 Å². The van der Waals surface area contributed by atoms with Gasteiger partial charge in [0.15, 0.2) is 11.6 Å². The predicted octanol–water partition coefficient (Wildman–Crippen LogP) is 20.6. The van der Waals surface area contributed by atoms with Crippen molar-refractivity contribution in [2.75, 3.05) is 54.9 Å². The van der Waals surface area contributed by atoms with Gasteiger partial charge < -0.3 is 43.3 Å². The Morgan fingerprint density at radius 1 is 0.306 bits per heavy atom. The molecule has 0 saturated heterocycles. The van der Waals surface area contributed by atoms with Crippen molar-refractivity contribution in [2.24, 2.45) is 0 Å².